The van der Waals surface area contributed by atoms with E-state index in [1.807, 2.05) is 19.2 Å². The topological polar surface area (TPSA) is 128 Å². The van der Waals surface area contributed by atoms with Crippen molar-refractivity contribution >= 4 is 22.8 Å². The highest BCUT2D eigenvalue weighted by Crippen LogP contribution is 2.35. The Balaban J connectivity index is 1.25. The van der Waals surface area contributed by atoms with Gasteiger partial charge in [0.2, 0.25) is 5.91 Å². The molecule has 37 heavy (non-hydrogen) atoms. The van der Waals surface area contributed by atoms with Crippen LogP contribution in [-0.2, 0) is 16.1 Å². The molecule has 1 amide bonds. The molecule has 10 nitrogen and oxygen atoms in total. The minimum Gasteiger partial charge on any atom is -0.491 e. The Morgan fingerprint density at radius 3 is 2.70 bits per heavy atom. The average Bonchev–Trinajstić information content (AvgIpc) is 2.88. The zero-order valence-corrected chi connectivity index (χ0v) is 21.4. The van der Waals surface area contributed by atoms with Gasteiger partial charge in [0.15, 0.2) is 11.6 Å². The van der Waals surface area contributed by atoms with Crippen LogP contribution in [0, 0.1) is 0 Å². The molecule has 1 saturated heterocycles. The minimum atomic E-state index is -0.0420. The third kappa shape index (κ3) is 6.14. The molecule has 2 aliphatic rings. The van der Waals surface area contributed by atoms with Crippen LogP contribution in [0.15, 0.2) is 30.7 Å². The molecule has 2 fully saturated rings. The fourth-order valence-corrected chi connectivity index (χ4v) is 4.72. The third-order valence-corrected chi connectivity index (χ3v) is 7.14. The number of likely N-dealkylation sites (tertiary alicyclic amines) is 1. The summed E-state index contributed by atoms with van der Waals surface area (Å²) < 4.78 is 12.1. The molecule has 0 radical (unpaired) electrons. The summed E-state index contributed by atoms with van der Waals surface area (Å²) in [4.78, 5) is 32.6. The number of anilines is 1. The molecule has 1 aliphatic heterocycles. The highest BCUT2D eigenvalue weighted by atomic mass is 16.5. The van der Waals surface area contributed by atoms with Crippen LogP contribution in [-0.4, -0.2) is 69.6 Å². The van der Waals surface area contributed by atoms with Crippen molar-refractivity contribution in [3.05, 3.63) is 36.5 Å². The second-order valence-corrected chi connectivity index (χ2v) is 9.84. The van der Waals surface area contributed by atoms with E-state index in [0.29, 0.717) is 60.7 Å². The van der Waals surface area contributed by atoms with Gasteiger partial charge < -0.3 is 20.5 Å². The van der Waals surface area contributed by atoms with Crippen LogP contribution in [0.2, 0.25) is 0 Å². The maximum atomic E-state index is 12.6. The lowest BCUT2D eigenvalue weighted by Crippen LogP contribution is -2.47. The van der Waals surface area contributed by atoms with Gasteiger partial charge in [-0.25, -0.2) is 15.0 Å². The molecule has 0 unspecified atom stereocenters. The molecule has 3 heterocycles. The second kappa shape index (κ2) is 11.8. The van der Waals surface area contributed by atoms with E-state index in [9.17, 15) is 4.79 Å². The van der Waals surface area contributed by atoms with E-state index in [1.54, 1.807) is 12.4 Å². The molecule has 5 rings (SSSR count). The van der Waals surface area contributed by atoms with Crippen molar-refractivity contribution in [1.29, 1.82) is 0 Å². The number of hydrogen-bond acceptors (Lipinski definition) is 9. The zero-order chi connectivity index (χ0) is 25.6. The van der Waals surface area contributed by atoms with E-state index in [4.69, 9.17) is 15.2 Å². The van der Waals surface area contributed by atoms with Crippen molar-refractivity contribution in [1.82, 2.24) is 30.2 Å². The van der Waals surface area contributed by atoms with E-state index >= 15 is 0 Å². The smallest absolute Gasteiger partial charge is 0.237 e. The van der Waals surface area contributed by atoms with E-state index in [2.05, 4.69) is 30.2 Å². The number of benzene rings is 1. The second-order valence-electron chi connectivity index (χ2n) is 9.84. The molecule has 1 aromatic carbocycles. The summed E-state index contributed by atoms with van der Waals surface area (Å²) in [6.45, 7) is 2.32. The van der Waals surface area contributed by atoms with Crippen LogP contribution >= 0.6 is 0 Å². The number of nitrogens with zero attached hydrogens (tertiary/aromatic N) is 5. The number of nitrogens with one attached hydrogen (secondary N) is 1. The molecule has 3 aromatic rings. The number of nitrogens with two attached hydrogens (primary N) is 1. The molecule has 2 aromatic heterocycles. The lowest BCUT2D eigenvalue weighted by molar-refractivity contribution is -0.127. The molecule has 196 valence electrons. The lowest BCUT2D eigenvalue weighted by atomic mass is 9.96. The summed E-state index contributed by atoms with van der Waals surface area (Å²) in [5.41, 5.74) is 8.84. The Hall–Kier alpha value is -3.37. The molecule has 1 saturated carbocycles. The summed E-state index contributed by atoms with van der Waals surface area (Å²) in [5.74, 6) is 1.64. The number of ether oxygens (including phenoxy) is 2. The van der Waals surface area contributed by atoms with Crippen LogP contribution in [0.25, 0.3) is 22.2 Å². The number of hydrogen-bond donors (Lipinski definition) is 2. The summed E-state index contributed by atoms with van der Waals surface area (Å²) in [7, 11) is 2.01. The lowest BCUT2D eigenvalue weighted by Gasteiger charge is -2.31. The minimum absolute atomic E-state index is 0.0420. The number of aromatic nitrogens is 4. The molecule has 0 spiro atoms. The molecular formula is C27H35N7O3. The van der Waals surface area contributed by atoms with Crippen LogP contribution in [0.4, 0.5) is 5.82 Å². The first-order valence-corrected chi connectivity index (χ1v) is 13.2. The predicted molar refractivity (Wildman–Crippen MR) is 141 cm³/mol. The average molecular weight is 506 g/mol. The van der Waals surface area contributed by atoms with Gasteiger partial charge in [-0.3, -0.25) is 14.7 Å². The normalized spacial score (nSPS) is 18.5. The fourth-order valence-electron chi connectivity index (χ4n) is 4.72. The van der Waals surface area contributed by atoms with Crippen molar-refractivity contribution in [2.45, 2.75) is 63.7 Å². The Kier molecular flexibility index (Phi) is 8.05. The summed E-state index contributed by atoms with van der Waals surface area (Å²) in [5, 5.41) is 3.06. The predicted octanol–water partition coefficient (Wildman–Crippen LogP) is 3.11. The van der Waals surface area contributed by atoms with Gasteiger partial charge >= 0.3 is 0 Å². The third-order valence-electron chi connectivity index (χ3n) is 7.14. The number of carbonyl (C=O) groups excluding carboxylic acids is 1. The number of amides is 1. The largest absolute Gasteiger partial charge is 0.491 e. The van der Waals surface area contributed by atoms with Gasteiger partial charge in [-0.1, -0.05) is 6.42 Å². The van der Waals surface area contributed by atoms with Gasteiger partial charge in [0, 0.05) is 30.1 Å². The van der Waals surface area contributed by atoms with Gasteiger partial charge in [0.25, 0.3) is 0 Å². The SMILES string of the molecule is CN1CCCC[C@H]1C(=O)NCCCOc1c(-c2cnc(COC3CCC3)nc2)ccc2ncc(N)nc12. The molecule has 1 atom stereocenters. The van der Waals surface area contributed by atoms with E-state index in [-0.39, 0.29) is 11.9 Å². The van der Waals surface area contributed by atoms with E-state index in [0.717, 1.165) is 49.8 Å². The summed E-state index contributed by atoms with van der Waals surface area (Å²) in [6, 6.07) is 3.78. The van der Waals surface area contributed by atoms with Crippen LogP contribution in [0.5, 0.6) is 5.75 Å². The Labute approximate surface area is 217 Å². The maximum absolute atomic E-state index is 12.6. The number of piperidine rings is 1. The van der Waals surface area contributed by atoms with E-state index in [1.165, 1.54) is 12.6 Å². The Morgan fingerprint density at radius 1 is 1.11 bits per heavy atom. The van der Waals surface area contributed by atoms with Crippen molar-refractivity contribution in [2.24, 2.45) is 0 Å². The van der Waals surface area contributed by atoms with Crippen LogP contribution in [0.3, 0.4) is 0 Å². The number of rotatable bonds is 10. The molecular weight excluding hydrogens is 470 g/mol. The Morgan fingerprint density at radius 2 is 1.95 bits per heavy atom. The van der Waals surface area contributed by atoms with Crippen molar-refractivity contribution in [3.8, 4) is 16.9 Å². The number of fused-ring (bicyclic) bond motifs is 1. The van der Waals surface area contributed by atoms with Gasteiger partial charge in [-0.2, -0.15) is 0 Å². The van der Waals surface area contributed by atoms with Crippen molar-refractivity contribution in [3.63, 3.8) is 0 Å². The van der Waals surface area contributed by atoms with Gasteiger partial charge in [0.05, 0.1) is 30.5 Å². The first-order chi connectivity index (χ1) is 18.1. The maximum Gasteiger partial charge on any atom is 0.237 e. The highest BCUT2D eigenvalue weighted by molar-refractivity contribution is 5.90. The Bertz CT molecular complexity index is 1220. The van der Waals surface area contributed by atoms with Gasteiger partial charge in [-0.05, 0) is 64.3 Å². The molecule has 10 heteroatoms. The molecule has 1 aliphatic carbocycles. The number of carbonyl (C=O) groups is 1. The monoisotopic (exact) mass is 505 g/mol. The quantitative estimate of drug-likeness (QED) is 0.399. The fraction of sp³-hybridized carbons (Fsp3) is 0.519. The van der Waals surface area contributed by atoms with Crippen LogP contribution in [0.1, 0.15) is 50.8 Å². The zero-order valence-electron chi connectivity index (χ0n) is 21.4. The van der Waals surface area contributed by atoms with Gasteiger partial charge in [0.1, 0.15) is 17.9 Å². The van der Waals surface area contributed by atoms with Crippen LogP contribution < -0.4 is 15.8 Å². The number of nitrogen functional groups attached to an aromatic ring is 1. The first kappa shape index (κ1) is 25.3. The molecule has 3 N–H and O–H groups in total. The first-order valence-electron chi connectivity index (χ1n) is 13.2. The summed E-state index contributed by atoms with van der Waals surface area (Å²) in [6.07, 6.45) is 12.7. The van der Waals surface area contributed by atoms with Gasteiger partial charge in [-0.15, -0.1) is 0 Å². The molecule has 0 bridgehead atoms. The standard InChI is InChI=1S/C27H35N7O3/c1-34-12-3-2-8-22(34)27(35)29-11-5-13-36-26-20(9-10-21-25(26)33-23(28)16-30-21)18-14-31-24(32-15-18)17-37-19-6-4-7-19/h9-10,14-16,19,22H,2-8,11-13,17H2,1H3,(H2,28,33)(H,29,35)/t22-/m0/s1. The van der Waals surface area contributed by atoms with Crippen molar-refractivity contribution in [2.75, 3.05) is 32.5 Å². The summed E-state index contributed by atoms with van der Waals surface area (Å²) >= 11 is 0. The number of likely N-dealkylation sites (N-methyl/N-ethyl adjacent to an activating group) is 1. The van der Waals surface area contributed by atoms with E-state index < -0.39 is 0 Å². The van der Waals surface area contributed by atoms with Crippen molar-refractivity contribution < 1.29 is 14.3 Å². The highest BCUT2D eigenvalue weighted by Gasteiger charge is 2.25.